The molecule has 0 amide bonds. The first kappa shape index (κ1) is 18.0. The molecule has 146 valence electrons. The molecule has 2 aromatic heterocycles. The van der Waals surface area contributed by atoms with Crippen molar-refractivity contribution in [3.8, 4) is 0 Å². The van der Waals surface area contributed by atoms with Gasteiger partial charge in [-0.1, -0.05) is 12.1 Å². The molecule has 1 N–H and O–H groups in total. The Morgan fingerprint density at radius 2 is 2.18 bits per heavy atom. The van der Waals surface area contributed by atoms with E-state index in [4.69, 9.17) is 0 Å². The van der Waals surface area contributed by atoms with Gasteiger partial charge in [-0.2, -0.15) is 0 Å². The standard InChI is InChI=1S/C22H24FN3OS/c23-16-3-1-2-14(10-16)8-9-26-13-25-21-20(22(26)27)18-7-6-17(11-19(18)28-21)24-12-15-4-5-15/h1-3,10,13,15,17,24H,4-9,11-12H2. The smallest absolute Gasteiger partial charge is 0.262 e. The molecular weight excluding hydrogens is 373 g/mol. The molecule has 1 fully saturated rings. The predicted octanol–water partition coefficient (Wildman–Crippen LogP) is 3.70. The lowest BCUT2D eigenvalue weighted by molar-refractivity contribution is 0.453. The van der Waals surface area contributed by atoms with Crippen LogP contribution in [-0.2, 0) is 25.8 Å². The van der Waals surface area contributed by atoms with Crippen LogP contribution in [0.3, 0.4) is 0 Å². The predicted molar refractivity (Wildman–Crippen MR) is 111 cm³/mol. The highest BCUT2D eigenvalue weighted by Crippen LogP contribution is 2.34. The number of benzene rings is 1. The van der Waals surface area contributed by atoms with Gasteiger partial charge in [-0.3, -0.25) is 9.36 Å². The number of nitrogens with zero attached hydrogens (tertiary/aromatic N) is 2. The van der Waals surface area contributed by atoms with Crippen molar-refractivity contribution in [1.29, 1.82) is 0 Å². The first-order chi connectivity index (χ1) is 13.7. The molecule has 5 rings (SSSR count). The van der Waals surface area contributed by atoms with Gasteiger partial charge in [0.25, 0.3) is 5.56 Å². The molecule has 4 nitrogen and oxygen atoms in total. The van der Waals surface area contributed by atoms with E-state index in [1.807, 2.05) is 6.07 Å². The molecule has 1 atom stereocenters. The summed E-state index contributed by atoms with van der Waals surface area (Å²) < 4.78 is 15.1. The van der Waals surface area contributed by atoms with Crippen LogP contribution >= 0.6 is 11.3 Å². The van der Waals surface area contributed by atoms with Crippen LogP contribution in [0.4, 0.5) is 4.39 Å². The molecule has 0 aliphatic heterocycles. The second kappa shape index (κ2) is 7.41. The highest BCUT2D eigenvalue weighted by molar-refractivity contribution is 7.18. The highest BCUT2D eigenvalue weighted by atomic mass is 32.1. The number of thiophene rings is 1. The molecule has 0 saturated heterocycles. The minimum absolute atomic E-state index is 0.0447. The van der Waals surface area contributed by atoms with Crippen LogP contribution in [0.25, 0.3) is 10.2 Å². The fourth-order valence-electron chi connectivity index (χ4n) is 4.13. The maximum Gasteiger partial charge on any atom is 0.262 e. The Morgan fingerprint density at radius 3 is 3.00 bits per heavy atom. The summed E-state index contributed by atoms with van der Waals surface area (Å²) in [4.78, 5) is 19.8. The summed E-state index contributed by atoms with van der Waals surface area (Å²) in [7, 11) is 0. The van der Waals surface area contributed by atoms with Gasteiger partial charge in [0.1, 0.15) is 10.6 Å². The van der Waals surface area contributed by atoms with Crippen molar-refractivity contribution in [2.75, 3.05) is 6.54 Å². The molecule has 0 bridgehead atoms. The number of rotatable bonds is 6. The second-order valence-electron chi connectivity index (χ2n) is 8.10. The minimum atomic E-state index is -0.241. The van der Waals surface area contributed by atoms with Crippen molar-refractivity contribution in [3.05, 3.63) is 62.8 Å². The van der Waals surface area contributed by atoms with Crippen LogP contribution in [0.5, 0.6) is 0 Å². The lowest BCUT2D eigenvalue weighted by Gasteiger charge is -2.23. The van der Waals surface area contributed by atoms with Crippen molar-refractivity contribution in [3.63, 3.8) is 0 Å². The zero-order chi connectivity index (χ0) is 19.1. The van der Waals surface area contributed by atoms with Gasteiger partial charge in [0, 0.05) is 17.5 Å². The van der Waals surface area contributed by atoms with Gasteiger partial charge < -0.3 is 5.32 Å². The van der Waals surface area contributed by atoms with Gasteiger partial charge in [0.15, 0.2) is 0 Å². The number of fused-ring (bicyclic) bond motifs is 3. The molecular formula is C22H24FN3OS. The van der Waals surface area contributed by atoms with Crippen molar-refractivity contribution >= 4 is 21.6 Å². The van der Waals surface area contributed by atoms with E-state index >= 15 is 0 Å². The Hall–Kier alpha value is -2.05. The summed E-state index contributed by atoms with van der Waals surface area (Å²) >= 11 is 1.68. The summed E-state index contributed by atoms with van der Waals surface area (Å²) in [6.45, 7) is 1.65. The van der Waals surface area contributed by atoms with E-state index in [-0.39, 0.29) is 11.4 Å². The van der Waals surface area contributed by atoms with Gasteiger partial charge in [-0.05, 0) is 74.2 Å². The second-order valence-corrected chi connectivity index (χ2v) is 9.18. The van der Waals surface area contributed by atoms with E-state index in [9.17, 15) is 9.18 Å². The third-order valence-corrected chi connectivity index (χ3v) is 7.12. The number of hydrogen-bond donors (Lipinski definition) is 1. The van der Waals surface area contributed by atoms with Crippen molar-refractivity contribution in [2.45, 2.75) is 51.1 Å². The molecule has 2 aliphatic rings. The monoisotopic (exact) mass is 397 g/mol. The maximum atomic E-state index is 13.4. The van der Waals surface area contributed by atoms with Crippen molar-refractivity contribution in [2.24, 2.45) is 5.92 Å². The lowest BCUT2D eigenvalue weighted by Crippen LogP contribution is -2.35. The maximum absolute atomic E-state index is 13.4. The van der Waals surface area contributed by atoms with Gasteiger partial charge in [-0.15, -0.1) is 11.3 Å². The molecule has 0 radical (unpaired) electrons. The Bertz CT molecular complexity index is 1070. The van der Waals surface area contributed by atoms with Crippen LogP contribution in [-0.4, -0.2) is 22.1 Å². The molecule has 28 heavy (non-hydrogen) atoms. The average Bonchev–Trinajstić information content (AvgIpc) is 3.44. The largest absolute Gasteiger partial charge is 0.313 e. The molecule has 2 aliphatic carbocycles. The number of hydrogen-bond acceptors (Lipinski definition) is 4. The summed E-state index contributed by atoms with van der Waals surface area (Å²) in [5.74, 6) is 0.644. The van der Waals surface area contributed by atoms with Crippen molar-refractivity contribution in [1.82, 2.24) is 14.9 Å². The van der Waals surface area contributed by atoms with Gasteiger partial charge in [0.2, 0.25) is 0 Å². The van der Waals surface area contributed by atoms with E-state index in [0.29, 0.717) is 19.0 Å². The number of nitrogens with one attached hydrogen (secondary N) is 1. The van der Waals surface area contributed by atoms with Crippen LogP contribution in [0.2, 0.25) is 0 Å². The Labute approximate surface area is 167 Å². The SMILES string of the molecule is O=c1c2c3c(sc2ncn1CCc1cccc(F)c1)CC(NCC1CC1)CC3. The van der Waals surface area contributed by atoms with Crippen LogP contribution in [0.15, 0.2) is 35.4 Å². The normalized spacial score (nSPS) is 19.1. The number of aryl methyl sites for hydroxylation is 3. The molecule has 1 unspecified atom stereocenters. The van der Waals surface area contributed by atoms with Gasteiger partial charge in [-0.25, -0.2) is 9.37 Å². The Balaban J connectivity index is 1.36. The van der Waals surface area contributed by atoms with Crippen LogP contribution in [0, 0.1) is 11.7 Å². The third kappa shape index (κ3) is 3.63. The first-order valence-electron chi connectivity index (χ1n) is 10.1. The topological polar surface area (TPSA) is 46.9 Å². The van der Waals surface area contributed by atoms with E-state index < -0.39 is 0 Å². The molecule has 2 heterocycles. The summed E-state index contributed by atoms with van der Waals surface area (Å²) in [6.07, 6.45) is 8.04. The summed E-state index contributed by atoms with van der Waals surface area (Å²) in [5, 5.41) is 4.52. The zero-order valence-electron chi connectivity index (χ0n) is 15.8. The quantitative estimate of drug-likeness (QED) is 0.690. The van der Waals surface area contributed by atoms with Crippen LogP contribution in [0.1, 0.15) is 35.3 Å². The fraction of sp³-hybridized carbons (Fsp3) is 0.455. The van der Waals surface area contributed by atoms with Crippen LogP contribution < -0.4 is 10.9 Å². The number of halogens is 1. The van der Waals surface area contributed by atoms with Crippen molar-refractivity contribution < 1.29 is 4.39 Å². The lowest BCUT2D eigenvalue weighted by atomic mass is 9.93. The molecule has 1 aromatic carbocycles. The van der Waals surface area contributed by atoms with Gasteiger partial charge >= 0.3 is 0 Å². The zero-order valence-corrected chi connectivity index (χ0v) is 16.6. The fourth-order valence-corrected chi connectivity index (χ4v) is 5.39. The first-order valence-corrected chi connectivity index (χ1v) is 11.0. The van der Waals surface area contributed by atoms with E-state index in [1.165, 1.54) is 35.4 Å². The minimum Gasteiger partial charge on any atom is -0.313 e. The average molecular weight is 398 g/mol. The highest BCUT2D eigenvalue weighted by Gasteiger charge is 2.27. The molecule has 3 aromatic rings. The molecule has 0 spiro atoms. The summed E-state index contributed by atoms with van der Waals surface area (Å²) in [6, 6.07) is 7.08. The van der Waals surface area contributed by atoms with E-state index in [0.717, 1.165) is 47.5 Å². The molecule has 6 heteroatoms. The summed E-state index contributed by atoms with van der Waals surface area (Å²) in [5.41, 5.74) is 2.15. The van der Waals surface area contributed by atoms with E-state index in [2.05, 4.69) is 10.3 Å². The third-order valence-electron chi connectivity index (χ3n) is 5.96. The Kier molecular flexibility index (Phi) is 4.77. The molecule has 1 saturated carbocycles. The number of aromatic nitrogens is 2. The van der Waals surface area contributed by atoms with Gasteiger partial charge in [0.05, 0.1) is 11.7 Å². The van der Waals surface area contributed by atoms with E-state index in [1.54, 1.807) is 28.3 Å². The Morgan fingerprint density at radius 1 is 1.29 bits per heavy atom.